The van der Waals surface area contributed by atoms with E-state index in [4.69, 9.17) is 28.4 Å². The van der Waals surface area contributed by atoms with E-state index in [-0.39, 0.29) is 12.3 Å². The van der Waals surface area contributed by atoms with Gasteiger partial charge in [-0.05, 0) is 51.4 Å². The molecule has 2 amide bonds. The number of unbranched alkanes of at least 4 members (excludes halogenated alkanes) is 41. The van der Waals surface area contributed by atoms with E-state index in [1.165, 1.54) is 225 Å². The lowest BCUT2D eigenvalue weighted by atomic mass is 9.88. The molecule has 3 aliphatic rings. The second kappa shape index (κ2) is 59.8. The van der Waals surface area contributed by atoms with Crippen molar-refractivity contribution in [3.05, 3.63) is 36.5 Å². The molecular formula is C81H148N2O21. The van der Waals surface area contributed by atoms with E-state index in [1.54, 1.807) is 6.08 Å². The molecule has 3 saturated heterocycles. The average molecular weight is 1490 g/mol. The summed E-state index contributed by atoms with van der Waals surface area (Å²) in [6, 6.07) is -2.62. The van der Waals surface area contributed by atoms with E-state index in [0.29, 0.717) is 12.8 Å². The van der Waals surface area contributed by atoms with Crippen molar-refractivity contribution in [2.45, 2.75) is 432 Å². The van der Waals surface area contributed by atoms with E-state index in [2.05, 4.69) is 48.8 Å². The van der Waals surface area contributed by atoms with Crippen LogP contribution in [0.3, 0.4) is 0 Å². The first-order chi connectivity index (χ1) is 50.4. The fourth-order valence-electron chi connectivity index (χ4n) is 14.3. The predicted molar refractivity (Wildman–Crippen MR) is 403 cm³/mol. The molecule has 18 atom stereocenters. The molecule has 0 radical (unpaired) electrons. The number of hydrogen-bond donors (Lipinski definition) is 14. The van der Waals surface area contributed by atoms with Gasteiger partial charge < -0.3 is 100 Å². The van der Waals surface area contributed by atoms with Gasteiger partial charge in [-0.2, -0.15) is 0 Å². The average Bonchev–Trinajstić information content (AvgIpc) is 0.755. The van der Waals surface area contributed by atoms with Crippen molar-refractivity contribution in [2.24, 2.45) is 0 Å². The zero-order valence-electron chi connectivity index (χ0n) is 64.4. The molecule has 3 rings (SSSR count). The molecule has 0 aliphatic carbocycles. The molecule has 104 heavy (non-hydrogen) atoms. The van der Waals surface area contributed by atoms with Crippen LogP contribution in [-0.2, 0) is 42.8 Å². The second-order valence-corrected chi connectivity index (χ2v) is 30.0. The highest BCUT2D eigenvalue weighted by molar-refractivity contribution is 5.77. The third-order valence-corrected chi connectivity index (χ3v) is 20.8. The first kappa shape index (κ1) is 95.2. The Morgan fingerprint density at radius 3 is 1.36 bits per heavy atom. The molecule has 0 bridgehead atoms. The van der Waals surface area contributed by atoms with Crippen LogP contribution in [0.1, 0.15) is 323 Å². The van der Waals surface area contributed by atoms with Gasteiger partial charge in [0.25, 0.3) is 5.79 Å². The molecule has 0 aromatic rings. The molecule has 3 fully saturated rings. The number of carbonyl (C=O) groups is 3. The summed E-state index contributed by atoms with van der Waals surface area (Å²) in [4.78, 5) is 38.6. The van der Waals surface area contributed by atoms with Crippen molar-refractivity contribution in [3.63, 3.8) is 0 Å². The van der Waals surface area contributed by atoms with Crippen molar-refractivity contribution in [2.75, 3.05) is 26.4 Å². The summed E-state index contributed by atoms with van der Waals surface area (Å²) in [6.07, 6.45) is 39.6. The monoisotopic (exact) mass is 1490 g/mol. The van der Waals surface area contributed by atoms with Crippen LogP contribution in [0.4, 0.5) is 0 Å². The molecule has 3 aliphatic heterocycles. The van der Waals surface area contributed by atoms with Gasteiger partial charge in [0.2, 0.25) is 11.8 Å². The summed E-state index contributed by atoms with van der Waals surface area (Å²) < 4.78 is 34.8. The van der Waals surface area contributed by atoms with Crippen LogP contribution < -0.4 is 10.6 Å². The van der Waals surface area contributed by atoms with Crippen molar-refractivity contribution >= 4 is 17.8 Å². The number of carbonyl (C=O) groups excluding carboxylic acids is 2. The molecular weight excluding hydrogens is 1340 g/mol. The lowest BCUT2D eigenvalue weighted by Gasteiger charge is -2.50. The van der Waals surface area contributed by atoms with Crippen LogP contribution in [0.15, 0.2) is 36.5 Å². The highest BCUT2D eigenvalue weighted by Crippen LogP contribution is 2.39. The van der Waals surface area contributed by atoms with Gasteiger partial charge in [0.15, 0.2) is 12.6 Å². The molecule has 0 aromatic carbocycles. The minimum Gasteiger partial charge on any atom is -0.477 e. The van der Waals surface area contributed by atoms with E-state index < -0.39 is 155 Å². The fourth-order valence-corrected chi connectivity index (χ4v) is 14.3. The number of rotatable bonds is 65. The lowest BCUT2D eigenvalue weighted by Crippen LogP contribution is -2.70. The van der Waals surface area contributed by atoms with E-state index in [9.17, 15) is 75.7 Å². The second-order valence-electron chi connectivity index (χ2n) is 30.0. The highest BCUT2D eigenvalue weighted by Gasteiger charge is 2.60. The van der Waals surface area contributed by atoms with Crippen LogP contribution in [0, 0.1) is 0 Å². The Balaban J connectivity index is 1.38. The van der Waals surface area contributed by atoms with Crippen LogP contribution in [0.25, 0.3) is 0 Å². The van der Waals surface area contributed by atoms with Crippen LogP contribution in [-0.4, -0.2) is 215 Å². The lowest BCUT2D eigenvalue weighted by molar-refractivity contribution is -0.386. The Hall–Kier alpha value is -3.05. The molecule has 23 nitrogen and oxygen atoms in total. The third kappa shape index (κ3) is 39.5. The summed E-state index contributed by atoms with van der Waals surface area (Å²) in [5, 5.41) is 136. The SMILES string of the molecule is CCCCCCCCCCC/C=C/C(O)C(COC1OC(CO)C(OC2OC(CO)C(O)C(OC3(C(=O)O)CC(O)C(NC(C)=O)C(C(O)C(O)CO)O3)C2O)C(O)C1O)NC(=O)CCCCCCCCCCCCCCCCCCC/C=C\C/C=C\CCCCCCCCCCCCCCCCC. The normalized spacial score (nSPS) is 26.5. The maximum Gasteiger partial charge on any atom is 0.364 e. The van der Waals surface area contributed by atoms with E-state index in [0.717, 1.165) is 58.3 Å². The number of carboxylic acids is 1. The fraction of sp³-hybridized carbons (Fsp3) is 0.889. The number of allylic oxidation sites excluding steroid dienone is 5. The summed E-state index contributed by atoms with van der Waals surface area (Å²) in [6.45, 7) is 2.14. The number of amides is 2. The van der Waals surface area contributed by atoms with Gasteiger partial charge in [0.05, 0.1) is 50.7 Å². The zero-order chi connectivity index (χ0) is 76.0. The zero-order valence-corrected chi connectivity index (χ0v) is 64.4. The Morgan fingerprint density at radius 1 is 0.510 bits per heavy atom. The summed E-state index contributed by atoms with van der Waals surface area (Å²) in [7, 11) is 0. The number of nitrogens with one attached hydrogen (secondary N) is 2. The molecule has 608 valence electrons. The van der Waals surface area contributed by atoms with E-state index in [1.807, 2.05) is 6.08 Å². The van der Waals surface area contributed by atoms with Gasteiger partial charge in [-0.25, -0.2) is 4.79 Å². The van der Waals surface area contributed by atoms with Gasteiger partial charge in [0, 0.05) is 19.8 Å². The van der Waals surface area contributed by atoms with Crippen molar-refractivity contribution in [3.8, 4) is 0 Å². The maximum absolute atomic E-state index is 13.5. The topological polar surface area (TPSA) is 373 Å². The van der Waals surface area contributed by atoms with Gasteiger partial charge in [0.1, 0.15) is 67.1 Å². The molecule has 18 unspecified atom stereocenters. The van der Waals surface area contributed by atoms with Gasteiger partial charge >= 0.3 is 5.97 Å². The number of hydrogen-bond acceptors (Lipinski definition) is 20. The molecule has 0 aromatic heterocycles. The minimum atomic E-state index is -3.08. The molecule has 23 heteroatoms. The Kier molecular flexibility index (Phi) is 54.7. The highest BCUT2D eigenvalue weighted by atomic mass is 16.8. The minimum absolute atomic E-state index is 0.201. The first-order valence-electron chi connectivity index (χ1n) is 41.4. The number of aliphatic hydroxyl groups excluding tert-OH is 11. The maximum atomic E-state index is 13.5. The quantitative estimate of drug-likeness (QED) is 0.0199. The Morgan fingerprint density at radius 2 is 0.933 bits per heavy atom. The number of aliphatic hydroxyl groups is 11. The van der Waals surface area contributed by atoms with E-state index >= 15 is 0 Å². The molecule has 0 saturated carbocycles. The predicted octanol–water partition coefficient (Wildman–Crippen LogP) is 11.3. The molecule has 0 spiro atoms. The van der Waals surface area contributed by atoms with Gasteiger partial charge in [-0.1, -0.05) is 288 Å². The summed E-state index contributed by atoms with van der Waals surface area (Å²) in [5.41, 5.74) is 0. The van der Waals surface area contributed by atoms with Gasteiger partial charge in [-0.3, -0.25) is 9.59 Å². The third-order valence-electron chi connectivity index (χ3n) is 20.8. The molecule has 14 N–H and O–H groups in total. The van der Waals surface area contributed by atoms with Crippen LogP contribution in [0.2, 0.25) is 0 Å². The van der Waals surface area contributed by atoms with Crippen LogP contribution >= 0.6 is 0 Å². The number of carboxylic acid groups (broad SMARTS) is 1. The Bertz CT molecular complexity index is 2210. The van der Waals surface area contributed by atoms with Crippen LogP contribution in [0.5, 0.6) is 0 Å². The smallest absolute Gasteiger partial charge is 0.364 e. The standard InChI is InChI=1S/C81H148N2O21/c1-4-6-8-10-12-14-16-17-18-19-20-21-22-23-24-25-26-27-28-29-30-31-32-33-34-35-36-37-38-39-40-41-42-43-45-47-49-51-53-55-68(91)83-62(63(88)54-52-50-48-46-44-15-13-11-9-7-5-2)60-99-78-73(95)72(94)75(67(59-86)101-78)102-79-74(96)77(71(93)66(58-85)100-79)104-81(80(97)98)56-64(89)69(82-61(3)87)76(103-81)70(92)65(90)57-84/h26-27,29-30,52,54,62-67,69-79,84-86,88-90,92-96H,4-25,28,31-51,53,55-60H2,1-3H3,(H,82,87)(H,83,91)(H,97,98)/b27-26-,30-29-,54-52+. The summed E-state index contributed by atoms with van der Waals surface area (Å²) in [5.74, 6) is -6.14. The molecule has 3 heterocycles. The van der Waals surface area contributed by atoms with Crippen molar-refractivity contribution in [1.82, 2.24) is 10.6 Å². The number of aliphatic carboxylic acids is 1. The van der Waals surface area contributed by atoms with Gasteiger partial charge in [-0.15, -0.1) is 0 Å². The van der Waals surface area contributed by atoms with Crippen molar-refractivity contribution in [1.29, 1.82) is 0 Å². The Labute approximate surface area is 625 Å². The first-order valence-corrected chi connectivity index (χ1v) is 41.4. The number of ether oxygens (including phenoxy) is 6. The summed E-state index contributed by atoms with van der Waals surface area (Å²) >= 11 is 0. The van der Waals surface area contributed by atoms with Crippen molar-refractivity contribution < 1.29 is 104 Å². The largest absolute Gasteiger partial charge is 0.477 e.